The smallest absolute Gasteiger partial charge is 0.0167 e. The minimum absolute atomic E-state index is 0.562. The molecule has 0 spiro atoms. The molecule has 16 heavy (non-hydrogen) atoms. The fraction of sp³-hybridized carbons (Fsp3) is 1.00. The molecule has 0 aliphatic carbocycles. The summed E-state index contributed by atoms with van der Waals surface area (Å²) >= 11 is 0. The van der Waals surface area contributed by atoms with Crippen LogP contribution in [-0.2, 0) is 0 Å². The molecule has 1 atom stereocenters. The van der Waals surface area contributed by atoms with E-state index >= 15 is 0 Å². The van der Waals surface area contributed by atoms with Crippen molar-refractivity contribution in [1.82, 2.24) is 20.0 Å². The van der Waals surface area contributed by atoms with E-state index in [2.05, 4.69) is 62.2 Å². The van der Waals surface area contributed by atoms with Crippen molar-refractivity contribution in [2.24, 2.45) is 0 Å². The van der Waals surface area contributed by atoms with Gasteiger partial charge < -0.3 is 20.0 Å². The highest BCUT2D eigenvalue weighted by Crippen LogP contribution is 1.89. The number of nitrogens with one attached hydrogen (secondary N) is 1. The molecule has 1 unspecified atom stereocenters. The van der Waals surface area contributed by atoms with Crippen molar-refractivity contribution in [3.8, 4) is 0 Å². The summed E-state index contributed by atoms with van der Waals surface area (Å²) in [4.78, 5) is 6.81. The number of likely N-dealkylation sites (N-methyl/N-ethyl adjacent to an activating group) is 3. The lowest BCUT2D eigenvalue weighted by Crippen LogP contribution is -2.41. The fourth-order valence-corrected chi connectivity index (χ4v) is 1.53. The molecule has 0 saturated heterocycles. The third-order valence-corrected chi connectivity index (χ3v) is 2.57. The molecule has 0 radical (unpaired) electrons. The van der Waals surface area contributed by atoms with Gasteiger partial charge in [-0.05, 0) is 42.2 Å². The first-order valence-electron chi connectivity index (χ1n) is 6.13. The highest BCUT2D eigenvalue weighted by atomic mass is 15.2. The first-order chi connectivity index (χ1) is 7.41. The second kappa shape index (κ2) is 8.93. The maximum Gasteiger partial charge on any atom is 0.0167 e. The summed E-state index contributed by atoms with van der Waals surface area (Å²) in [6, 6.07) is 0.562. The number of hydrogen-bond acceptors (Lipinski definition) is 4. The second-order valence-electron chi connectivity index (χ2n) is 5.22. The van der Waals surface area contributed by atoms with Crippen molar-refractivity contribution < 1.29 is 0 Å². The zero-order chi connectivity index (χ0) is 12.6. The topological polar surface area (TPSA) is 21.8 Å². The lowest BCUT2D eigenvalue weighted by molar-refractivity contribution is 0.258. The van der Waals surface area contributed by atoms with Gasteiger partial charge in [0.05, 0.1) is 0 Å². The third kappa shape index (κ3) is 10.4. The van der Waals surface area contributed by atoms with Gasteiger partial charge in [0, 0.05) is 38.8 Å². The molecule has 0 heterocycles. The second-order valence-corrected chi connectivity index (χ2v) is 5.22. The molecular weight excluding hydrogens is 200 g/mol. The molecule has 0 bridgehead atoms. The Labute approximate surface area is 102 Å². The van der Waals surface area contributed by atoms with E-state index in [0.717, 1.165) is 32.7 Å². The van der Waals surface area contributed by atoms with E-state index in [9.17, 15) is 0 Å². The maximum absolute atomic E-state index is 3.54. The Balaban J connectivity index is 3.50. The Morgan fingerprint density at radius 2 is 1.44 bits per heavy atom. The Bertz CT molecular complexity index is 159. The Kier molecular flexibility index (Phi) is 8.84. The summed E-state index contributed by atoms with van der Waals surface area (Å²) in [5, 5.41) is 3.54. The lowest BCUT2D eigenvalue weighted by Gasteiger charge is -2.24. The average molecular weight is 230 g/mol. The molecule has 0 fully saturated rings. The number of hydrogen-bond donors (Lipinski definition) is 1. The molecule has 0 aliphatic rings. The van der Waals surface area contributed by atoms with Gasteiger partial charge in [0.1, 0.15) is 0 Å². The molecular formula is C12H30N4. The minimum Gasteiger partial charge on any atom is -0.312 e. The number of nitrogens with zero attached hydrogens (tertiary/aromatic N) is 3. The first kappa shape index (κ1) is 15.8. The van der Waals surface area contributed by atoms with Crippen molar-refractivity contribution in [2.75, 3.05) is 68.0 Å². The normalized spacial score (nSPS) is 14.1. The molecule has 0 aromatic carbocycles. The first-order valence-corrected chi connectivity index (χ1v) is 6.13. The average Bonchev–Trinajstić information content (AvgIpc) is 2.14. The van der Waals surface area contributed by atoms with Gasteiger partial charge in [-0.25, -0.2) is 0 Å². The molecule has 0 saturated carbocycles. The Morgan fingerprint density at radius 1 is 0.875 bits per heavy atom. The van der Waals surface area contributed by atoms with Crippen LogP contribution >= 0.6 is 0 Å². The summed E-state index contributed by atoms with van der Waals surface area (Å²) in [5.74, 6) is 0. The molecule has 0 aromatic heterocycles. The highest BCUT2D eigenvalue weighted by Gasteiger charge is 2.05. The van der Waals surface area contributed by atoms with Crippen LogP contribution in [0, 0.1) is 0 Å². The molecule has 0 aliphatic heterocycles. The quantitative estimate of drug-likeness (QED) is 0.603. The summed E-state index contributed by atoms with van der Waals surface area (Å²) < 4.78 is 0. The van der Waals surface area contributed by atoms with Crippen molar-refractivity contribution >= 4 is 0 Å². The SMILES string of the molecule is CC(CN(C)CCN(C)C)NCCN(C)C. The molecule has 98 valence electrons. The van der Waals surface area contributed by atoms with E-state index in [1.807, 2.05) is 0 Å². The van der Waals surface area contributed by atoms with Crippen LogP contribution < -0.4 is 5.32 Å². The van der Waals surface area contributed by atoms with Crippen molar-refractivity contribution in [3.63, 3.8) is 0 Å². The highest BCUT2D eigenvalue weighted by molar-refractivity contribution is 4.66. The Hall–Kier alpha value is -0.160. The number of rotatable bonds is 9. The Morgan fingerprint density at radius 3 is 1.94 bits per heavy atom. The van der Waals surface area contributed by atoms with Crippen molar-refractivity contribution in [1.29, 1.82) is 0 Å². The van der Waals surface area contributed by atoms with E-state index in [4.69, 9.17) is 0 Å². The predicted octanol–water partition coefficient (Wildman–Crippen LogP) is 0.0195. The predicted molar refractivity (Wildman–Crippen MR) is 72.1 cm³/mol. The summed E-state index contributed by atoms with van der Waals surface area (Å²) in [6.45, 7) is 7.79. The van der Waals surface area contributed by atoms with Crippen molar-refractivity contribution in [2.45, 2.75) is 13.0 Å². The molecule has 0 aromatic rings. The summed E-state index contributed by atoms with van der Waals surface area (Å²) in [7, 11) is 10.6. The lowest BCUT2D eigenvalue weighted by atomic mass is 10.3. The van der Waals surface area contributed by atoms with Gasteiger partial charge in [-0.3, -0.25) is 0 Å². The standard InChI is InChI=1S/C12H30N4/c1-12(13-7-8-14(2)3)11-16(6)10-9-15(4)5/h12-13H,7-11H2,1-6H3. The van der Waals surface area contributed by atoms with Gasteiger partial charge in [-0.15, -0.1) is 0 Å². The zero-order valence-electron chi connectivity index (χ0n) is 12.0. The summed E-state index contributed by atoms with van der Waals surface area (Å²) in [6.07, 6.45) is 0. The monoisotopic (exact) mass is 230 g/mol. The van der Waals surface area contributed by atoms with Crippen LogP contribution in [0.4, 0.5) is 0 Å². The molecule has 0 amide bonds. The van der Waals surface area contributed by atoms with Gasteiger partial charge in [0.15, 0.2) is 0 Å². The van der Waals surface area contributed by atoms with Gasteiger partial charge in [0.2, 0.25) is 0 Å². The molecule has 0 rings (SSSR count). The molecule has 4 heteroatoms. The van der Waals surface area contributed by atoms with E-state index in [-0.39, 0.29) is 0 Å². The zero-order valence-corrected chi connectivity index (χ0v) is 12.0. The van der Waals surface area contributed by atoms with Gasteiger partial charge in [-0.2, -0.15) is 0 Å². The van der Waals surface area contributed by atoms with Crippen LogP contribution in [0.1, 0.15) is 6.92 Å². The van der Waals surface area contributed by atoms with E-state index < -0.39 is 0 Å². The van der Waals surface area contributed by atoms with Crippen LogP contribution in [0.5, 0.6) is 0 Å². The van der Waals surface area contributed by atoms with Crippen LogP contribution in [0.15, 0.2) is 0 Å². The third-order valence-electron chi connectivity index (χ3n) is 2.57. The van der Waals surface area contributed by atoms with E-state index in [1.54, 1.807) is 0 Å². The summed E-state index contributed by atoms with van der Waals surface area (Å²) in [5.41, 5.74) is 0. The van der Waals surface area contributed by atoms with E-state index in [0.29, 0.717) is 6.04 Å². The fourth-order valence-electron chi connectivity index (χ4n) is 1.53. The van der Waals surface area contributed by atoms with Gasteiger partial charge >= 0.3 is 0 Å². The molecule has 4 nitrogen and oxygen atoms in total. The van der Waals surface area contributed by atoms with Gasteiger partial charge in [-0.1, -0.05) is 0 Å². The largest absolute Gasteiger partial charge is 0.312 e. The van der Waals surface area contributed by atoms with Crippen LogP contribution in [-0.4, -0.2) is 88.7 Å². The molecule has 1 N–H and O–H groups in total. The van der Waals surface area contributed by atoms with E-state index in [1.165, 1.54) is 0 Å². The van der Waals surface area contributed by atoms with Crippen molar-refractivity contribution in [3.05, 3.63) is 0 Å². The van der Waals surface area contributed by atoms with Crippen LogP contribution in [0.2, 0.25) is 0 Å². The van der Waals surface area contributed by atoms with Crippen LogP contribution in [0.25, 0.3) is 0 Å². The maximum atomic E-state index is 3.54. The van der Waals surface area contributed by atoms with Crippen LogP contribution in [0.3, 0.4) is 0 Å². The van der Waals surface area contributed by atoms with Gasteiger partial charge in [0.25, 0.3) is 0 Å². The minimum atomic E-state index is 0.562.